The van der Waals surface area contributed by atoms with Crippen LogP contribution in [0, 0.1) is 11.3 Å². The summed E-state index contributed by atoms with van der Waals surface area (Å²) in [6.45, 7) is 5.59. The van der Waals surface area contributed by atoms with E-state index in [1.165, 1.54) is 32.1 Å². The van der Waals surface area contributed by atoms with Crippen LogP contribution in [-0.4, -0.2) is 13.7 Å². The zero-order valence-electron chi connectivity index (χ0n) is 8.73. The van der Waals surface area contributed by atoms with Crippen LogP contribution < -0.4 is 0 Å². The molecule has 0 aromatic rings. The standard InChI is InChI=1S/C11H22O/c1-11(2,9-12-3)10-7-5-4-6-8-10/h10H,4-9H2,1-3H3. The minimum Gasteiger partial charge on any atom is -0.384 e. The summed E-state index contributed by atoms with van der Waals surface area (Å²) in [5.74, 6) is 0.895. The van der Waals surface area contributed by atoms with Gasteiger partial charge in [-0.15, -0.1) is 0 Å². The summed E-state index contributed by atoms with van der Waals surface area (Å²) >= 11 is 0. The molecule has 0 atom stereocenters. The quantitative estimate of drug-likeness (QED) is 0.632. The summed E-state index contributed by atoms with van der Waals surface area (Å²) < 4.78 is 5.26. The first-order valence-electron chi connectivity index (χ1n) is 5.16. The molecule has 0 bridgehead atoms. The number of methoxy groups -OCH3 is 1. The molecule has 1 aliphatic rings. The van der Waals surface area contributed by atoms with E-state index < -0.39 is 0 Å². The highest BCUT2D eigenvalue weighted by molar-refractivity contribution is 4.80. The normalized spacial score (nSPS) is 21.2. The zero-order chi connectivity index (χ0) is 9.03. The maximum atomic E-state index is 5.26. The van der Waals surface area contributed by atoms with E-state index in [-0.39, 0.29) is 0 Å². The lowest BCUT2D eigenvalue weighted by molar-refractivity contribution is 0.0434. The highest BCUT2D eigenvalue weighted by atomic mass is 16.5. The molecule has 1 nitrogen and oxygen atoms in total. The van der Waals surface area contributed by atoms with Crippen LogP contribution in [0.3, 0.4) is 0 Å². The van der Waals surface area contributed by atoms with Crippen LogP contribution in [0.25, 0.3) is 0 Å². The maximum absolute atomic E-state index is 5.26. The average molecular weight is 170 g/mol. The van der Waals surface area contributed by atoms with Crippen LogP contribution in [0.1, 0.15) is 46.0 Å². The van der Waals surface area contributed by atoms with Gasteiger partial charge in [-0.1, -0.05) is 33.1 Å². The van der Waals surface area contributed by atoms with Crippen molar-refractivity contribution in [2.45, 2.75) is 46.0 Å². The lowest BCUT2D eigenvalue weighted by atomic mass is 9.71. The summed E-state index contributed by atoms with van der Waals surface area (Å²) in [6, 6.07) is 0. The topological polar surface area (TPSA) is 9.23 Å². The lowest BCUT2D eigenvalue weighted by Gasteiger charge is -2.36. The van der Waals surface area contributed by atoms with E-state index in [4.69, 9.17) is 4.74 Å². The van der Waals surface area contributed by atoms with Gasteiger partial charge in [0.15, 0.2) is 0 Å². The lowest BCUT2D eigenvalue weighted by Crippen LogP contribution is -2.30. The van der Waals surface area contributed by atoms with Crippen LogP contribution in [0.4, 0.5) is 0 Å². The van der Waals surface area contributed by atoms with Gasteiger partial charge in [0.05, 0.1) is 6.61 Å². The molecule has 1 saturated carbocycles. The van der Waals surface area contributed by atoms with E-state index in [2.05, 4.69) is 13.8 Å². The molecule has 1 rings (SSSR count). The Morgan fingerprint density at radius 1 is 1.17 bits per heavy atom. The number of rotatable bonds is 3. The van der Waals surface area contributed by atoms with E-state index in [1.54, 1.807) is 0 Å². The minimum absolute atomic E-state index is 0.398. The first-order valence-corrected chi connectivity index (χ1v) is 5.16. The molecule has 72 valence electrons. The molecule has 0 spiro atoms. The van der Waals surface area contributed by atoms with E-state index in [9.17, 15) is 0 Å². The smallest absolute Gasteiger partial charge is 0.0516 e. The fourth-order valence-corrected chi connectivity index (χ4v) is 2.37. The summed E-state index contributed by atoms with van der Waals surface area (Å²) in [4.78, 5) is 0. The SMILES string of the molecule is COCC(C)(C)C1CCCCC1. The van der Waals surface area contributed by atoms with E-state index in [0.717, 1.165) is 12.5 Å². The number of ether oxygens (including phenoxy) is 1. The second-order valence-electron chi connectivity index (χ2n) is 4.76. The Morgan fingerprint density at radius 3 is 2.25 bits per heavy atom. The first-order chi connectivity index (χ1) is 5.67. The van der Waals surface area contributed by atoms with Gasteiger partial charge in [-0.3, -0.25) is 0 Å². The highest BCUT2D eigenvalue weighted by Gasteiger charge is 2.30. The second kappa shape index (κ2) is 4.27. The molecule has 0 aromatic heterocycles. The van der Waals surface area contributed by atoms with Crippen LogP contribution in [0.2, 0.25) is 0 Å². The summed E-state index contributed by atoms with van der Waals surface area (Å²) in [5.41, 5.74) is 0.398. The van der Waals surface area contributed by atoms with Crippen molar-refractivity contribution in [3.05, 3.63) is 0 Å². The van der Waals surface area contributed by atoms with Crippen molar-refractivity contribution in [1.82, 2.24) is 0 Å². The van der Waals surface area contributed by atoms with Gasteiger partial charge in [-0.2, -0.15) is 0 Å². The third-order valence-electron chi connectivity index (χ3n) is 3.23. The molecule has 0 heterocycles. The van der Waals surface area contributed by atoms with Crippen LogP contribution in [0.5, 0.6) is 0 Å². The molecule has 0 saturated heterocycles. The van der Waals surface area contributed by atoms with Gasteiger partial charge in [0.2, 0.25) is 0 Å². The van der Waals surface area contributed by atoms with Crippen molar-refractivity contribution in [3.63, 3.8) is 0 Å². The molecule has 1 heteroatoms. The first kappa shape index (κ1) is 10.0. The molecular formula is C11H22O. The highest BCUT2D eigenvalue weighted by Crippen LogP contribution is 2.38. The predicted octanol–water partition coefficient (Wildman–Crippen LogP) is 3.24. The molecule has 0 amide bonds. The second-order valence-corrected chi connectivity index (χ2v) is 4.76. The Hall–Kier alpha value is -0.0400. The van der Waals surface area contributed by atoms with Gasteiger partial charge >= 0.3 is 0 Å². The molecule has 1 aliphatic carbocycles. The average Bonchev–Trinajstić information content (AvgIpc) is 2.06. The molecule has 0 aromatic carbocycles. The fourth-order valence-electron chi connectivity index (χ4n) is 2.37. The van der Waals surface area contributed by atoms with Crippen molar-refractivity contribution in [2.24, 2.45) is 11.3 Å². The summed E-state index contributed by atoms with van der Waals surface area (Å²) in [5, 5.41) is 0. The molecule has 0 unspecified atom stereocenters. The molecule has 1 fully saturated rings. The Morgan fingerprint density at radius 2 is 1.75 bits per heavy atom. The van der Waals surface area contributed by atoms with E-state index in [1.807, 2.05) is 7.11 Å². The molecule has 12 heavy (non-hydrogen) atoms. The summed E-state index contributed by atoms with van der Waals surface area (Å²) in [6.07, 6.45) is 7.13. The Kier molecular flexibility index (Phi) is 3.57. The third-order valence-corrected chi connectivity index (χ3v) is 3.23. The van der Waals surface area contributed by atoms with Crippen LogP contribution in [-0.2, 0) is 4.74 Å². The van der Waals surface area contributed by atoms with E-state index >= 15 is 0 Å². The van der Waals surface area contributed by atoms with Crippen molar-refractivity contribution in [3.8, 4) is 0 Å². The number of hydrogen-bond acceptors (Lipinski definition) is 1. The monoisotopic (exact) mass is 170 g/mol. The third kappa shape index (κ3) is 2.48. The molecular weight excluding hydrogens is 148 g/mol. The van der Waals surface area contributed by atoms with Crippen molar-refractivity contribution >= 4 is 0 Å². The van der Waals surface area contributed by atoms with Gasteiger partial charge in [0, 0.05) is 7.11 Å². The van der Waals surface area contributed by atoms with Crippen LogP contribution >= 0.6 is 0 Å². The Labute approximate surface area is 76.5 Å². The van der Waals surface area contributed by atoms with Gasteiger partial charge in [0.25, 0.3) is 0 Å². The minimum atomic E-state index is 0.398. The van der Waals surface area contributed by atoms with Gasteiger partial charge in [0.1, 0.15) is 0 Å². The van der Waals surface area contributed by atoms with Gasteiger partial charge in [-0.05, 0) is 24.2 Å². The van der Waals surface area contributed by atoms with Gasteiger partial charge < -0.3 is 4.74 Å². The van der Waals surface area contributed by atoms with Crippen LogP contribution in [0.15, 0.2) is 0 Å². The van der Waals surface area contributed by atoms with Crippen molar-refractivity contribution in [1.29, 1.82) is 0 Å². The molecule has 0 radical (unpaired) electrons. The summed E-state index contributed by atoms with van der Waals surface area (Å²) in [7, 11) is 1.81. The fraction of sp³-hybridized carbons (Fsp3) is 1.00. The maximum Gasteiger partial charge on any atom is 0.0516 e. The Bertz CT molecular complexity index is 123. The predicted molar refractivity (Wildman–Crippen MR) is 52.2 cm³/mol. The van der Waals surface area contributed by atoms with Crippen molar-refractivity contribution in [2.75, 3.05) is 13.7 Å². The zero-order valence-corrected chi connectivity index (χ0v) is 8.73. The Balaban J connectivity index is 2.41. The van der Waals surface area contributed by atoms with E-state index in [0.29, 0.717) is 5.41 Å². The van der Waals surface area contributed by atoms with Gasteiger partial charge in [-0.25, -0.2) is 0 Å². The van der Waals surface area contributed by atoms with Crippen molar-refractivity contribution < 1.29 is 4.74 Å². The largest absolute Gasteiger partial charge is 0.384 e. The molecule has 0 aliphatic heterocycles. The molecule has 0 N–H and O–H groups in total. The number of hydrogen-bond donors (Lipinski definition) is 0.